The zero-order valence-corrected chi connectivity index (χ0v) is 27.1. The highest BCUT2D eigenvalue weighted by molar-refractivity contribution is 7.88. The van der Waals surface area contributed by atoms with Crippen molar-refractivity contribution in [3.63, 3.8) is 0 Å². The molecule has 2 aliphatic heterocycles. The third kappa shape index (κ3) is 7.94. The summed E-state index contributed by atoms with van der Waals surface area (Å²) < 4.78 is 46.3. The Hall–Kier alpha value is -3.09. The van der Waals surface area contributed by atoms with Crippen molar-refractivity contribution in [2.24, 2.45) is 5.92 Å². The van der Waals surface area contributed by atoms with Crippen LogP contribution in [0.1, 0.15) is 69.7 Å². The summed E-state index contributed by atoms with van der Waals surface area (Å²) in [6.07, 6.45) is 10.4. The zero-order valence-electron chi connectivity index (χ0n) is 26.3. The van der Waals surface area contributed by atoms with Gasteiger partial charge in [0.1, 0.15) is 17.9 Å². The van der Waals surface area contributed by atoms with Gasteiger partial charge in [-0.1, -0.05) is 5.57 Å². The van der Waals surface area contributed by atoms with Gasteiger partial charge in [-0.25, -0.2) is 27.5 Å². The second kappa shape index (κ2) is 13.9. The maximum absolute atomic E-state index is 14.2. The SMILES string of the molecule is CCN(C(=O)c1cc(F)ccc1Oc1cncnc1N1CC(=C2CCN(CC3CCC(NS(C)(=O)=O)CC3)CC2)C1)C(C)C. The van der Waals surface area contributed by atoms with E-state index in [2.05, 4.69) is 24.5 Å². The lowest BCUT2D eigenvalue weighted by Crippen LogP contribution is -2.44. The molecule has 2 aromatic rings. The molecule has 5 rings (SSSR count). The van der Waals surface area contributed by atoms with Crippen LogP contribution in [-0.2, 0) is 10.0 Å². The second-order valence-electron chi connectivity index (χ2n) is 12.6. The van der Waals surface area contributed by atoms with Gasteiger partial charge in [0.25, 0.3) is 5.91 Å². The number of rotatable bonds is 10. The maximum atomic E-state index is 14.2. The van der Waals surface area contributed by atoms with Crippen LogP contribution in [0.25, 0.3) is 0 Å². The molecule has 1 aromatic heterocycles. The predicted octanol–water partition coefficient (Wildman–Crippen LogP) is 4.60. The van der Waals surface area contributed by atoms with Crippen LogP contribution < -0.4 is 14.4 Å². The molecular formula is C32H45FN6O4S. The Morgan fingerprint density at radius 3 is 2.45 bits per heavy atom. The molecule has 3 heterocycles. The number of sulfonamides is 1. The first-order valence-electron chi connectivity index (χ1n) is 15.7. The topological polar surface area (TPSA) is 108 Å². The van der Waals surface area contributed by atoms with E-state index in [4.69, 9.17) is 4.74 Å². The highest BCUT2D eigenvalue weighted by atomic mass is 32.2. The molecule has 0 atom stereocenters. The number of nitrogens with one attached hydrogen (secondary N) is 1. The molecular weight excluding hydrogens is 583 g/mol. The highest BCUT2D eigenvalue weighted by Crippen LogP contribution is 2.37. The fraction of sp³-hybridized carbons (Fsp3) is 0.594. The fourth-order valence-electron chi connectivity index (χ4n) is 6.67. The van der Waals surface area contributed by atoms with Crippen LogP contribution >= 0.6 is 0 Å². The van der Waals surface area contributed by atoms with Crippen molar-refractivity contribution in [1.29, 1.82) is 0 Å². The molecule has 12 heteroatoms. The number of benzene rings is 1. The number of nitrogens with zero attached hydrogens (tertiary/aromatic N) is 5. The van der Waals surface area contributed by atoms with Crippen molar-refractivity contribution in [3.05, 3.63) is 53.3 Å². The minimum absolute atomic E-state index is 0.0371. The van der Waals surface area contributed by atoms with Crippen LogP contribution in [0.5, 0.6) is 11.5 Å². The number of ether oxygens (including phenoxy) is 1. The lowest BCUT2D eigenvalue weighted by molar-refractivity contribution is 0.0713. The van der Waals surface area contributed by atoms with E-state index in [1.54, 1.807) is 11.1 Å². The monoisotopic (exact) mass is 628 g/mol. The average molecular weight is 629 g/mol. The van der Waals surface area contributed by atoms with E-state index >= 15 is 0 Å². The van der Waals surface area contributed by atoms with E-state index in [0.717, 1.165) is 71.2 Å². The normalized spacial score (nSPS) is 21.4. The Labute approximate surface area is 260 Å². The summed E-state index contributed by atoms with van der Waals surface area (Å²) >= 11 is 0. The first-order valence-corrected chi connectivity index (χ1v) is 17.6. The third-order valence-corrected chi connectivity index (χ3v) is 9.80. The number of piperidine rings is 1. The summed E-state index contributed by atoms with van der Waals surface area (Å²) in [5, 5.41) is 0. The van der Waals surface area contributed by atoms with Gasteiger partial charge in [0.2, 0.25) is 10.0 Å². The number of carbonyl (C=O) groups excluding carboxylic acids is 1. The number of halogens is 1. The van der Waals surface area contributed by atoms with Crippen LogP contribution in [0.2, 0.25) is 0 Å². The van der Waals surface area contributed by atoms with Crippen molar-refractivity contribution in [1.82, 2.24) is 24.5 Å². The van der Waals surface area contributed by atoms with Gasteiger partial charge >= 0.3 is 0 Å². The Balaban J connectivity index is 1.17. The number of hydrogen-bond acceptors (Lipinski definition) is 8. The molecule has 1 aromatic carbocycles. The van der Waals surface area contributed by atoms with Crippen molar-refractivity contribution < 1.29 is 22.3 Å². The molecule has 0 radical (unpaired) electrons. The molecule has 3 aliphatic rings. The number of hydrogen-bond donors (Lipinski definition) is 1. The smallest absolute Gasteiger partial charge is 0.257 e. The molecule has 1 N–H and O–H groups in total. The molecule has 0 unspecified atom stereocenters. The molecule has 3 fully saturated rings. The summed E-state index contributed by atoms with van der Waals surface area (Å²) in [5.74, 6) is 1.21. The Kier molecular flexibility index (Phi) is 10.2. The summed E-state index contributed by atoms with van der Waals surface area (Å²) in [4.78, 5) is 28.3. The van der Waals surface area contributed by atoms with Crippen molar-refractivity contribution in [2.75, 3.05) is 50.4 Å². The lowest BCUT2D eigenvalue weighted by atomic mass is 9.85. The summed E-state index contributed by atoms with van der Waals surface area (Å²) in [6.45, 7) is 11.0. The Morgan fingerprint density at radius 2 is 1.82 bits per heavy atom. The van der Waals surface area contributed by atoms with Crippen LogP contribution in [0.15, 0.2) is 41.9 Å². The number of likely N-dealkylation sites (tertiary alicyclic amines) is 1. The summed E-state index contributed by atoms with van der Waals surface area (Å²) in [7, 11) is -3.14. The largest absolute Gasteiger partial charge is 0.451 e. The summed E-state index contributed by atoms with van der Waals surface area (Å²) in [6, 6.07) is 4.05. The van der Waals surface area contributed by atoms with Gasteiger partial charge in [0, 0.05) is 51.4 Å². The average Bonchev–Trinajstić information content (AvgIpc) is 2.95. The zero-order chi connectivity index (χ0) is 31.4. The Bertz CT molecular complexity index is 1460. The van der Waals surface area contributed by atoms with Gasteiger partial charge < -0.3 is 19.4 Å². The van der Waals surface area contributed by atoms with E-state index in [0.29, 0.717) is 24.0 Å². The molecule has 1 saturated carbocycles. The van der Waals surface area contributed by atoms with Gasteiger partial charge in [0.15, 0.2) is 11.6 Å². The van der Waals surface area contributed by atoms with Crippen LogP contribution in [0.3, 0.4) is 0 Å². The van der Waals surface area contributed by atoms with Gasteiger partial charge in [-0.05, 0) is 89.0 Å². The van der Waals surface area contributed by atoms with Gasteiger partial charge in [-0.15, -0.1) is 0 Å². The molecule has 240 valence electrons. The molecule has 2 saturated heterocycles. The quantitative estimate of drug-likeness (QED) is 0.381. The molecule has 0 bridgehead atoms. The minimum Gasteiger partial charge on any atom is -0.451 e. The van der Waals surface area contributed by atoms with E-state index in [-0.39, 0.29) is 29.3 Å². The fourth-order valence-corrected chi connectivity index (χ4v) is 7.51. The molecule has 1 aliphatic carbocycles. The van der Waals surface area contributed by atoms with Gasteiger partial charge in [0.05, 0.1) is 18.0 Å². The second-order valence-corrected chi connectivity index (χ2v) is 14.4. The Morgan fingerprint density at radius 1 is 1.11 bits per heavy atom. The van der Waals surface area contributed by atoms with E-state index in [9.17, 15) is 17.6 Å². The van der Waals surface area contributed by atoms with Gasteiger partial charge in [-0.2, -0.15) is 0 Å². The number of amides is 1. The van der Waals surface area contributed by atoms with Crippen LogP contribution in [0.4, 0.5) is 10.2 Å². The lowest BCUT2D eigenvalue weighted by Gasteiger charge is -2.40. The summed E-state index contributed by atoms with van der Waals surface area (Å²) in [5.41, 5.74) is 3.14. The maximum Gasteiger partial charge on any atom is 0.257 e. The predicted molar refractivity (Wildman–Crippen MR) is 169 cm³/mol. The minimum atomic E-state index is -3.14. The number of aromatic nitrogens is 2. The molecule has 1 amide bonds. The molecule has 0 spiro atoms. The van der Waals surface area contributed by atoms with Gasteiger partial charge in [-0.3, -0.25) is 4.79 Å². The van der Waals surface area contributed by atoms with E-state index in [1.165, 1.54) is 41.9 Å². The first-order chi connectivity index (χ1) is 21.0. The first kappa shape index (κ1) is 32.3. The van der Waals surface area contributed by atoms with Crippen LogP contribution in [0, 0.1) is 11.7 Å². The van der Waals surface area contributed by atoms with Crippen molar-refractivity contribution >= 4 is 21.7 Å². The van der Waals surface area contributed by atoms with Crippen LogP contribution in [-0.4, -0.2) is 91.7 Å². The molecule has 44 heavy (non-hydrogen) atoms. The van der Waals surface area contributed by atoms with E-state index < -0.39 is 15.8 Å². The number of anilines is 1. The van der Waals surface area contributed by atoms with E-state index in [1.807, 2.05) is 20.8 Å². The molecule has 10 nitrogen and oxygen atoms in total. The highest BCUT2D eigenvalue weighted by Gasteiger charge is 2.31. The van der Waals surface area contributed by atoms with Crippen molar-refractivity contribution in [3.8, 4) is 11.5 Å². The standard InChI is InChI=1S/C32H45FN6O4S/c1-5-39(22(2)3)32(40)28-16-26(33)8-11-29(28)43-30-17-34-21-35-31(30)38-19-25(20-38)24-12-14-37(15-13-24)18-23-6-9-27(10-7-23)36-44(4,41)42/h8,11,16-17,21-23,27,36H,5-7,9-10,12-15,18-20H2,1-4H3. The number of carbonyl (C=O) groups is 1. The van der Waals surface area contributed by atoms with Crippen molar-refractivity contribution in [2.45, 2.75) is 71.4 Å². The third-order valence-electron chi connectivity index (χ3n) is 9.04.